The number of likely N-dealkylation sites (tertiary alicyclic amines) is 2. The molecule has 6 nitrogen and oxygen atoms in total. The highest BCUT2D eigenvalue weighted by Crippen LogP contribution is 2.32. The van der Waals surface area contributed by atoms with Crippen LogP contribution in [0.5, 0.6) is 0 Å². The first-order valence-electron chi connectivity index (χ1n) is 7.33. The van der Waals surface area contributed by atoms with E-state index < -0.39 is 24.5 Å². The summed E-state index contributed by atoms with van der Waals surface area (Å²) in [6.07, 6.45) is 4.42. The fraction of sp³-hybridized carbons (Fsp3) is 0.643. The van der Waals surface area contributed by atoms with Gasteiger partial charge in [0.25, 0.3) is 5.92 Å². The van der Waals surface area contributed by atoms with Gasteiger partial charge in [-0.2, -0.15) is 0 Å². The van der Waals surface area contributed by atoms with Gasteiger partial charge in [-0.15, -0.1) is 0 Å². The Labute approximate surface area is 126 Å². The summed E-state index contributed by atoms with van der Waals surface area (Å²) in [7, 11) is 0. The highest BCUT2D eigenvalue weighted by molar-refractivity contribution is 5.81. The van der Waals surface area contributed by atoms with Crippen molar-refractivity contribution in [1.82, 2.24) is 19.4 Å². The van der Waals surface area contributed by atoms with Gasteiger partial charge in [0.2, 0.25) is 5.91 Å². The maximum atomic E-state index is 14.0. The third-order valence-electron chi connectivity index (χ3n) is 4.33. The normalized spacial score (nSPS) is 28.2. The van der Waals surface area contributed by atoms with E-state index in [-0.39, 0.29) is 24.8 Å². The van der Waals surface area contributed by atoms with E-state index in [4.69, 9.17) is 0 Å². The van der Waals surface area contributed by atoms with Gasteiger partial charge in [-0.3, -0.25) is 9.36 Å². The molecule has 0 aromatic carbocycles. The van der Waals surface area contributed by atoms with Crippen LogP contribution in [-0.2, 0) is 4.79 Å². The van der Waals surface area contributed by atoms with Crippen molar-refractivity contribution in [2.75, 3.05) is 19.6 Å². The SMILES string of the molecule is CC1CCN([C@H]2CN(C(=O)n3ccnc3)CC(F)(F)C2)C1=O. The van der Waals surface area contributed by atoms with Crippen molar-refractivity contribution in [2.24, 2.45) is 5.92 Å². The molecule has 0 bridgehead atoms. The van der Waals surface area contributed by atoms with Crippen LogP contribution in [0.1, 0.15) is 19.8 Å². The Kier molecular flexibility index (Phi) is 3.62. The number of alkyl halides is 2. The minimum atomic E-state index is -2.99. The molecule has 1 unspecified atom stereocenters. The quantitative estimate of drug-likeness (QED) is 0.788. The largest absolute Gasteiger partial charge is 0.337 e. The van der Waals surface area contributed by atoms with Crippen LogP contribution in [-0.4, -0.2) is 62.9 Å². The van der Waals surface area contributed by atoms with Gasteiger partial charge in [0.05, 0.1) is 12.6 Å². The highest BCUT2D eigenvalue weighted by atomic mass is 19.3. The zero-order valence-electron chi connectivity index (χ0n) is 12.3. The Balaban J connectivity index is 1.79. The number of carbonyl (C=O) groups excluding carboxylic acids is 2. The van der Waals surface area contributed by atoms with Crippen LogP contribution in [0.4, 0.5) is 13.6 Å². The van der Waals surface area contributed by atoms with E-state index >= 15 is 0 Å². The molecule has 120 valence electrons. The minimum absolute atomic E-state index is 0.0993. The summed E-state index contributed by atoms with van der Waals surface area (Å²) in [6.45, 7) is 1.79. The molecule has 0 radical (unpaired) electrons. The molecule has 1 aromatic heterocycles. The second kappa shape index (κ2) is 5.33. The molecular formula is C14H18F2N4O2. The molecule has 0 aliphatic carbocycles. The summed E-state index contributed by atoms with van der Waals surface area (Å²) < 4.78 is 29.2. The molecule has 0 saturated carbocycles. The molecule has 0 N–H and O–H groups in total. The Hall–Kier alpha value is -1.99. The lowest BCUT2D eigenvalue weighted by molar-refractivity contribution is -0.137. The summed E-state index contributed by atoms with van der Waals surface area (Å²) in [5, 5.41) is 0. The molecular weight excluding hydrogens is 294 g/mol. The van der Waals surface area contributed by atoms with Gasteiger partial charge in [0.1, 0.15) is 6.33 Å². The van der Waals surface area contributed by atoms with Gasteiger partial charge in [0, 0.05) is 37.8 Å². The highest BCUT2D eigenvalue weighted by Gasteiger charge is 2.46. The zero-order valence-corrected chi connectivity index (χ0v) is 12.3. The fourth-order valence-electron chi connectivity index (χ4n) is 3.17. The minimum Gasteiger partial charge on any atom is -0.337 e. The van der Waals surface area contributed by atoms with E-state index in [9.17, 15) is 18.4 Å². The molecule has 2 saturated heterocycles. The van der Waals surface area contributed by atoms with Gasteiger partial charge < -0.3 is 9.80 Å². The van der Waals surface area contributed by atoms with Crippen molar-refractivity contribution in [3.63, 3.8) is 0 Å². The lowest BCUT2D eigenvalue weighted by Crippen LogP contribution is -2.57. The third kappa shape index (κ3) is 2.69. The second-order valence-electron chi connectivity index (χ2n) is 6.07. The number of carbonyl (C=O) groups is 2. The lowest BCUT2D eigenvalue weighted by Gasteiger charge is -2.41. The Morgan fingerprint density at radius 3 is 2.82 bits per heavy atom. The molecule has 0 spiro atoms. The topological polar surface area (TPSA) is 58.4 Å². The van der Waals surface area contributed by atoms with Crippen molar-refractivity contribution in [3.8, 4) is 0 Å². The first-order chi connectivity index (χ1) is 10.4. The standard InChI is InChI=1S/C14H18F2N4O2/c1-10-2-4-20(12(10)21)11-6-14(15,16)8-19(7-11)13(22)18-5-3-17-9-18/h3,5,9-11H,2,4,6-8H2,1H3/t10?,11-/m1/s1. The number of hydrogen-bond acceptors (Lipinski definition) is 3. The number of piperidine rings is 1. The maximum absolute atomic E-state index is 14.0. The molecule has 2 fully saturated rings. The summed E-state index contributed by atoms with van der Waals surface area (Å²) in [5.74, 6) is -3.23. The van der Waals surface area contributed by atoms with E-state index in [1.165, 1.54) is 28.2 Å². The molecule has 2 atom stereocenters. The van der Waals surface area contributed by atoms with Crippen LogP contribution >= 0.6 is 0 Å². The molecule has 2 aliphatic rings. The van der Waals surface area contributed by atoms with E-state index in [1.807, 2.05) is 0 Å². The lowest BCUT2D eigenvalue weighted by atomic mass is 10.0. The van der Waals surface area contributed by atoms with Crippen molar-refractivity contribution in [1.29, 1.82) is 0 Å². The van der Waals surface area contributed by atoms with Crippen LogP contribution in [0.2, 0.25) is 0 Å². The number of hydrogen-bond donors (Lipinski definition) is 0. The van der Waals surface area contributed by atoms with Crippen molar-refractivity contribution in [2.45, 2.75) is 31.7 Å². The van der Waals surface area contributed by atoms with Crippen LogP contribution < -0.4 is 0 Å². The van der Waals surface area contributed by atoms with Gasteiger partial charge >= 0.3 is 6.03 Å². The second-order valence-corrected chi connectivity index (χ2v) is 6.07. The summed E-state index contributed by atoms with van der Waals surface area (Å²) in [5.41, 5.74) is 0. The average molecular weight is 312 g/mol. The van der Waals surface area contributed by atoms with Crippen LogP contribution in [0.3, 0.4) is 0 Å². The maximum Gasteiger partial charge on any atom is 0.329 e. The van der Waals surface area contributed by atoms with Gasteiger partial charge in [-0.05, 0) is 6.42 Å². The number of nitrogens with zero attached hydrogens (tertiary/aromatic N) is 4. The van der Waals surface area contributed by atoms with Crippen molar-refractivity contribution < 1.29 is 18.4 Å². The van der Waals surface area contributed by atoms with Crippen LogP contribution in [0, 0.1) is 5.92 Å². The molecule has 1 aromatic rings. The Bertz CT molecular complexity index is 575. The molecule has 2 amide bonds. The van der Waals surface area contributed by atoms with Crippen molar-refractivity contribution in [3.05, 3.63) is 18.7 Å². The van der Waals surface area contributed by atoms with E-state index in [0.717, 1.165) is 4.90 Å². The molecule has 22 heavy (non-hydrogen) atoms. The van der Waals surface area contributed by atoms with E-state index in [0.29, 0.717) is 13.0 Å². The molecule has 3 rings (SSSR count). The van der Waals surface area contributed by atoms with Crippen molar-refractivity contribution >= 4 is 11.9 Å². The predicted molar refractivity (Wildman–Crippen MR) is 73.4 cm³/mol. The Morgan fingerprint density at radius 1 is 1.45 bits per heavy atom. The van der Waals surface area contributed by atoms with Gasteiger partial charge in [0.15, 0.2) is 0 Å². The fourth-order valence-corrected chi connectivity index (χ4v) is 3.17. The summed E-state index contributed by atoms with van der Waals surface area (Å²) >= 11 is 0. The van der Waals surface area contributed by atoms with E-state index in [2.05, 4.69) is 4.98 Å². The Morgan fingerprint density at radius 2 is 2.23 bits per heavy atom. The third-order valence-corrected chi connectivity index (χ3v) is 4.33. The smallest absolute Gasteiger partial charge is 0.329 e. The number of halogens is 2. The van der Waals surface area contributed by atoms with Crippen LogP contribution in [0.25, 0.3) is 0 Å². The summed E-state index contributed by atoms with van der Waals surface area (Å²) in [6, 6.07) is -1.17. The summed E-state index contributed by atoms with van der Waals surface area (Å²) in [4.78, 5) is 30.7. The van der Waals surface area contributed by atoms with E-state index in [1.54, 1.807) is 6.92 Å². The monoisotopic (exact) mass is 312 g/mol. The number of imidazole rings is 1. The first-order valence-corrected chi connectivity index (χ1v) is 7.33. The first kappa shape index (κ1) is 14.9. The number of rotatable bonds is 1. The van der Waals surface area contributed by atoms with Gasteiger partial charge in [-0.1, -0.05) is 6.92 Å². The van der Waals surface area contributed by atoms with Gasteiger partial charge in [-0.25, -0.2) is 18.6 Å². The number of amides is 2. The molecule has 2 aliphatic heterocycles. The zero-order chi connectivity index (χ0) is 15.9. The van der Waals surface area contributed by atoms with Crippen LogP contribution in [0.15, 0.2) is 18.7 Å². The number of aromatic nitrogens is 2. The average Bonchev–Trinajstić information content (AvgIpc) is 3.08. The predicted octanol–water partition coefficient (Wildman–Crippen LogP) is 1.43. The molecule has 3 heterocycles. The molecule has 8 heteroatoms.